The molecule has 1 aliphatic rings. The van der Waals surface area contributed by atoms with Crippen molar-refractivity contribution in [2.75, 3.05) is 13.6 Å². The summed E-state index contributed by atoms with van der Waals surface area (Å²) in [6.45, 7) is 4.09. The fourth-order valence-corrected chi connectivity index (χ4v) is 2.61. The zero-order chi connectivity index (χ0) is 14.7. The Morgan fingerprint density at radius 2 is 2.29 bits per heavy atom. The van der Waals surface area contributed by atoms with Crippen molar-refractivity contribution < 1.29 is 0 Å². The van der Waals surface area contributed by atoms with Gasteiger partial charge in [-0.1, -0.05) is 0 Å². The standard InChI is InChI=1S/C16H23N5/c1-12(21(2)15-5-6-15)8-18-10-14-11-19-20-16(14)13-4-3-7-17-9-13/h3-4,7,9,11-12,15,18H,5-6,8,10H2,1-2H3,(H,19,20). The molecule has 0 bridgehead atoms. The molecule has 0 amide bonds. The minimum Gasteiger partial charge on any atom is -0.311 e. The van der Waals surface area contributed by atoms with E-state index in [4.69, 9.17) is 0 Å². The normalized spacial score (nSPS) is 16.3. The second-order valence-corrected chi connectivity index (χ2v) is 5.89. The van der Waals surface area contributed by atoms with E-state index in [-0.39, 0.29) is 0 Å². The average Bonchev–Trinajstić information content (AvgIpc) is 3.26. The Balaban J connectivity index is 1.55. The van der Waals surface area contributed by atoms with Crippen molar-refractivity contribution in [3.63, 3.8) is 0 Å². The van der Waals surface area contributed by atoms with Crippen LogP contribution in [0.25, 0.3) is 11.3 Å². The second kappa shape index (κ2) is 6.37. The van der Waals surface area contributed by atoms with Gasteiger partial charge in [-0.3, -0.25) is 15.0 Å². The number of aromatic amines is 1. The molecule has 1 saturated carbocycles. The van der Waals surface area contributed by atoms with Gasteiger partial charge in [0.05, 0.1) is 11.9 Å². The van der Waals surface area contributed by atoms with Crippen molar-refractivity contribution in [3.05, 3.63) is 36.3 Å². The molecule has 1 aliphatic carbocycles. The van der Waals surface area contributed by atoms with E-state index in [1.807, 2.05) is 24.5 Å². The van der Waals surface area contributed by atoms with Crippen LogP contribution in [0.4, 0.5) is 0 Å². The van der Waals surface area contributed by atoms with Gasteiger partial charge in [-0.05, 0) is 38.9 Å². The molecule has 0 aliphatic heterocycles. The first-order valence-corrected chi connectivity index (χ1v) is 7.61. The molecule has 0 spiro atoms. The molecule has 1 unspecified atom stereocenters. The van der Waals surface area contributed by atoms with Crippen molar-refractivity contribution in [2.24, 2.45) is 0 Å². The van der Waals surface area contributed by atoms with Gasteiger partial charge in [0.15, 0.2) is 0 Å². The third-order valence-corrected chi connectivity index (χ3v) is 4.24. The monoisotopic (exact) mass is 285 g/mol. The molecule has 0 saturated heterocycles. The van der Waals surface area contributed by atoms with Gasteiger partial charge in [-0.15, -0.1) is 0 Å². The van der Waals surface area contributed by atoms with E-state index in [2.05, 4.69) is 39.4 Å². The molecule has 1 atom stereocenters. The van der Waals surface area contributed by atoms with Gasteiger partial charge in [0.2, 0.25) is 0 Å². The highest BCUT2D eigenvalue weighted by atomic mass is 15.2. The van der Waals surface area contributed by atoms with Crippen LogP contribution >= 0.6 is 0 Å². The molecule has 0 aromatic carbocycles. The summed E-state index contributed by atoms with van der Waals surface area (Å²) in [6, 6.07) is 5.36. The van der Waals surface area contributed by atoms with Crippen molar-refractivity contribution >= 4 is 0 Å². The van der Waals surface area contributed by atoms with E-state index in [1.54, 1.807) is 6.20 Å². The van der Waals surface area contributed by atoms with E-state index in [1.165, 1.54) is 18.4 Å². The Bertz CT molecular complexity index is 561. The summed E-state index contributed by atoms with van der Waals surface area (Å²) in [6.07, 6.45) is 8.25. The average molecular weight is 285 g/mol. The van der Waals surface area contributed by atoms with Crippen LogP contribution in [0.3, 0.4) is 0 Å². The Hall–Kier alpha value is -1.72. The minimum atomic E-state index is 0.561. The smallest absolute Gasteiger partial charge is 0.0710 e. The molecule has 112 valence electrons. The molecule has 3 rings (SSSR count). The minimum absolute atomic E-state index is 0.561. The Labute approximate surface area is 125 Å². The van der Waals surface area contributed by atoms with Gasteiger partial charge in [0.25, 0.3) is 0 Å². The number of nitrogens with one attached hydrogen (secondary N) is 2. The van der Waals surface area contributed by atoms with Gasteiger partial charge >= 0.3 is 0 Å². The molecule has 5 heteroatoms. The zero-order valence-corrected chi connectivity index (χ0v) is 12.7. The van der Waals surface area contributed by atoms with Gasteiger partial charge in [0.1, 0.15) is 0 Å². The van der Waals surface area contributed by atoms with Crippen molar-refractivity contribution in [3.8, 4) is 11.3 Å². The molecular formula is C16H23N5. The van der Waals surface area contributed by atoms with Crippen molar-refractivity contribution in [1.82, 2.24) is 25.4 Å². The van der Waals surface area contributed by atoms with Gasteiger partial charge in [-0.25, -0.2) is 0 Å². The zero-order valence-electron chi connectivity index (χ0n) is 12.7. The number of likely N-dealkylation sites (N-methyl/N-ethyl adjacent to an activating group) is 1. The number of H-pyrrole nitrogens is 1. The topological polar surface area (TPSA) is 56.8 Å². The lowest BCUT2D eigenvalue weighted by Crippen LogP contribution is -2.38. The van der Waals surface area contributed by atoms with Crippen LogP contribution in [0.15, 0.2) is 30.7 Å². The van der Waals surface area contributed by atoms with Crippen LogP contribution in [0, 0.1) is 0 Å². The molecule has 2 aromatic heterocycles. The number of rotatable bonds is 7. The molecule has 2 heterocycles. The highest BCUT2D eigenvalue weighted by Gasteiger charge is 2.28. The van der Waals surface area contributed by atoms with E-state index >= 15 is 0 Å². The van der Waals surface area contributed by atoms with Gasteiger partial charge in [0, 0.05) is 48.7 Å². The van der Waals surface area contributed by atoms with Gasteiger partial charge in [-0.2, -0.15) is 5.10 Å². The Morgan fingerprint density at radius 3 is 3.00 bits per heavy atom. The molecule has 0 radical (unpaired) electrons. The van der Waals surface area contributed by atoms with Crippen molar-refractivity contribution in [2.45, 2.75) is 38.4 Å². The quantitative estimate of drug-likeness (QED) is 0.817. The summed E-state index contributed by atoms with van der Waals surface area (Å²) in [5.41, 5.74) is 3.32. The SMILES string of the molecule is CC(CNCc1cn[nH]c1-c1cccnc1)N(C)C1CC1. The lowest BCUT2D eigenvalue weighted by molar-refractivity contribution is 0.241. The predicted molar refractivity (Wildman–Crippen MR) is 83.8 cm³/mol. The molecule has 5 nitrogen and oxygen atoms in total. The largest absolute Gasteiger partial charge is 0.311 e. The second-order valence-electron chi connectivity index (χ2n) is 5.89. The van der Waals surface area contributed by atoms with Gasteiger partial charge < -0.3 is 5.32 Å². The maximum Gasteiger partial charge on any atom is 0.0710 e. The van der Waals surface area contributed by atoms with Crippen LogP contribution in [0.2, 0.25) is 0 Å². The number of aromatic nitrogens is 3. The summed E-state index contributed by atoms with van der Waals surface area (Å²) in [5.74, 6) is 0. The van der Waals surface area contributed by atoms with E-state index in [0.29, 0.717) is 6.04 Å². The molecule has 2 N–H and O–H groups in total. The summed E-state index contributed by atoms with van der Waals surface area (Å²) in [5, 5.41) is 10.8. The highest BCUT2D eigenvalue weighted by Crippen LogP contribution is 2.26. The highest BCUT2D eigenvalue weighted by molar-refractivity contribution is 5.61. The van der Waals surface area contributed by atoms with E-state index < -0.39 is 0 Å². The van der Waals surface area contributed by atoms with Crippen LogP contribution < -0.4 is 5.32 Å². The summed E-state index contributed by atoms with van der Waals surface area (Å²) < 4.78 is 0. The fourth-order valence-electron chi connectivity index (χ4n) is 2.61. The van der Waals surface area contributed by atoms with Crippen LogP contribution in [-0.4, -0.2) is 45.8 Å². The molecular weight excluding hydrogens is 262 g/mol. The van der Waals surface area contributed by atoms with Crippen LogP contribution in [0.5, 0.6) is 0 Å². The Morgan fingerprint density at radius 1 is 1.43 bits per heavy atom. The summed E-state index contributed by atoms with van der Waals surface area (Å²) >= 11 is 0. The maximum atomic E-state index is 4.17. The van der Waals surface area contributed by atoms with E-state index in [9.17, 15) is 0 Å². The number of hydrogen-bond donors (Lipinski definition) is 2. The number of pyridine rings is 1. The first-order valence-electron chi connectivity index (χ1n) is 7.61. The van der Waals surface area contributed by atoms with Crippen LogP contribution in [0.1, 0.15) is 25.3 Å². The lowest BCUT2D eigenvalue weighted by atomic mass is 10.1. The van der Waals surface area contributed by atoms with Crippen molar-refractivity contribution in [1.29, 1.82) is 0 Å². The fraction of sp³-hybridized carbons (Fsp3) is 0.500. The summed E-state index contributed by atoms with van der Waals surface area (Å²) in [7, 11) is 2.23. The number of nitrogens with zero attached hydrogens (tertiary/aromatic N) is 3. The molecule has 1 fully saturated rings. The van der Waals surface area contributed by atoms with E-state index in [0.717, 1.165) is 30.4 Å². The summed E-state index contributed by atoms with van der Waals surface area (Å²) in [4.78, 5) is 6.64. The molecule has 2 aromatic rings. The third kappa shape index (κ3) is 3.49. The number of hydrogen-bond acceptors (Lipinski definition) is 4. The Kier molecular flexibility index (Phi) is 4.31. The maximum absolute atomic E-state index is 4.17. The predicted octanol–water partition coefficient (Wildman–Crippen LogP) is 2.04. The first kappa shape index (κ1) is 14.2. The lowest BCUT2D eigenvalue weighted by Gasteiger charge is -2.24. The first-order chi connectivity index (χ1) is 10.3. The third-order valence-electron chi connectivity index (χ3n) is 4.24. The molecule has 21 heavy (non-hydrogen) atoms. The van der Waals surface area contributed by atoms with Crippen LogP contribution in [-0.2, 0) is 6.54 Å².